The Bertz CT molecular complexity index is 494. The van der Waals surface area contributed by atoms with Crippen LogP contribution >= 0.6 is 0 Å². The van der Waals surface area contributed by atoms with E-state index in [4.69, 9.17) is 4.74 Å². The van der Waals surface area contributed by atoms with Crippen LogP contribution in [0.2, 0.25) is 0 Å². The molecule has 1 aliphatic heterocycles. The molecule has 2 rings (SSSR count). The van der Waals surface area contributed by atoms with E-state index in [1.807, 2.05) is 30.1 Å². The Balaban J connectivity index is 1.88. The first kappa shape index (κ1) is 16.8. The molecule has 0 N–H and O–H groups in total. The van der Waals surface area contributed by atoms with E-state index in [1.165, 1.54) is 6.42 Å². The van der Waals surface area contributed by atoms with Crippen LogP contribution in [-0.2, 0) is 11.3 Å². The number of nitrogens with zero attached hydrogens (tertiary/aromatic N) is 2. The minimum Gasteiger partial charge on any atom is -0.497 e. The van der Waals surface area contributed by atoms with E-state index in [2.05, 4.69) is 24.8 Å². The second kappa shape index (κ2) is 7.63. The molecule has 22 heavy (non-hydrogen) atoms. The van der Waals surface area contributed by atoms with Crippen molar-refractivity contribution in [2.75, 3.05) is 33.8 Å². The molecule has 0 aromatic heterocycles. The molecule has 2 atom stereocenters. The first-order chi connectivity index (χ1) is 10.5. The van der Waals surface area contributed by atoms with Crippen molar-refractivity contribution >= 4 is 5.91 Å². The van der Waals surface area contributed by atoms with Crippen molar-refractivity contribution in [1.29, 1.82) is 0 Å². The van der Waals surface area contributed by atoms with Crippen molar-refractivity contribution < 1.29 is 9.53 Å². The number of benzene rings is 1. The minimum atomic E-state index is 0.240. The molecule has 122 valence electrons. The Morgan fingerprint density at radius 2 is 2.00 bits per heavy atom. The number of rotatable bonds is 5. The summed E-state index contributed by atoms with van der Waals surface area (Å²) in [5.74, 6) is 2.31. The Labute approximate surface area is 134 Å². The lowest BCUT2D eigenvalue weighted by atomic mass is 9.92. The Kier molecular flexibility index (Phi) is 5.83. The molecule has 0 radical (unpaired) electrons. The van der Waals surface area contributed by atoms with Gasteiger partial charge in [-0.2, -0.15) is 0 Å². The van der Waals surface area contributed by atoms with Crippen molar-refractivity contribution in [3.05, 3.63) is 29.8 Å². The fourth-order valence-electron chi connectivity index (χ4n) is 3.34. The summed E-state index contributed by atoms with van der Waals surface area (Å²) in [6.07, 6.45) is 1.23. The lowest BCUT2D eigenvalue weighted by Crippen LogP contribution is -2.46. The van der Waals surface area contributed by atoms with Crippen molar-refractivity contribution in [3.63, 3.8) is 0 Å². The summed E-state index contributed by atoms with van der Waals surface area (Å²) in [5, 5.41) is 0. The maximum atomic E-state index is 12.5. The number of amides is 1. The van der Waals surface area contributed by atoms with Gasteiger partial charge in [0.25, 0.3) is 0 Å². The highest BCUT2D eigenvalue weighted by molar-refractivity contribution is 5.78. The second-order valence-corrected chi connectivity index (χ2v) is 6.77. The normalized spacial score (nSPS) is 22.0. The van der Waals surface area contributed by atoms with E-state index in [0.29, 0.717) is 18.4 Å². The van der Waals surface area contributed by atoms with Gasteiger partial charge in [-0.1, -0.05) is 26.0 Å². The van der Waals surface area contributed by atoms with E-state index in [1.54, 1.807) is 7.11 Å². The smallest absolute Gasteiger partial charge is 0.236 e. The van der Waals surface area contributed by atoms with Crippen LogP contribution in [-0.4, -0.2) is 49.5 Å². The standard InChI is InChI=1S/C18H28N2O2/c1-14-8-15(2)11-20(10-14)18(21)13-19(3)12-16-6-5-7-17(9-16)22-4/h5-7,9,14-15H,8,10-13H2,1-4H3. The van der Waals surface area contributed by atoms with E-state index in [9.17, 15) is 4.79 Å². The predicted octanol–water partition coefficient (Wildman–Crippen LogP) is 2.63. The average molecular weight is 304 g/mol. The molecule has 0 spiro atoms. The van der Waals surface area contributed by atoms with Crippen LogP contribution in [0.15, 0.2) is 24.3 Å². The topological polar surface area (TPSA) is 32.8 Å². The van der Waals surface area contributed by atoms with Gasteiger partial charge in [0, 0.05) is 19.6 Å². The van der Waals surface area contributed by atoms with Gasteiger partial charge in [0.05, 0.1) is 13.7 Å². The molecule has 1 saturated heterocycles. The molecule has 1 aromatic carbocycles. The monoisotopic (exact) mass is 304 g/mol. The average Bonchev–Trinajstić information content (AvgIpc) is 2.46. The Morgan fingerprint density at radius 1 is 1.32 bits per heavy atom. The summed E-state index contributed by atoms with van der Waals surface area (Å²) in [7, 11) is 3.67. The van der Waals surface area contributed by atoms with Crippen molar-refractivity contribution in [2.24, 2.45) is 11.8 Å². The maximum Gasteiger partial charge on any atom is 0.236 e. The summed E-state index contributed by atoms with van der Waals surface area (Å²) >= 11 is 0. The number of likely N-dealkylation sites (N-methyl/N-ethyl adjacent to an activating group) is 1. The number of hydrogen-bond acceptors (Lipinski definition) is 3. The minimum absolute atomic E-state index is 0.240. The highest BCUT2D eigenvalue weighted by Crippen LogP contribution is 2.21. The third-order valence-corrected chi connectivity index (χ3v) is 4.21. The molecule has 4 heteroatoms. The van der Waals surface area contributed by atoms with Gasteiger partial charge < -0.3 is 9.64 Å². The summed E-state index contributed by atoms with van der Waals surface area (Å²) in [4.78, 5) is 16.6. The van der Waals surface area contributed by atoms with E-state index in [0.717, 1.165) is 30.9 Å². The molecule has 2 unspecified atom stereocenters. The van der Waals surface area contributed by atoms with Crippen LogP contribution < -0.4 is 4.74 Å². The molecule has 4 nitrogen and oxygen atoms in total. The Hall–Kier alpha value is -1.55. The van der Waals surface area contributed by atoms with Gasteiger partial charge in [-0.3, -0.25) is 9.69 Å². The number of carbonyl (C=O) groups excluding carboxylic acids is 1. The third-order valence-electron chi connectivity index (χ3n) is 4.21. The zero-order chi connectivity index (χ0) is 16.1. The number of likely N-dealkylation sites (tertiary alicyclic amines) is 1. The van der Waals surface area contributed by atoms with Crippen molar-refractivity contribution in [1.82, 2.24) is 9.80 Å². The maximum absolute atomic E-state index is 12.5. The zero-order valence-electron chi connectivity index (χ0n) is 14.2. The fourth-order valence-corrected chi connectivity index (χ4v) is 3.34. The second-order valence-electron chi connectivity index (χ2n) is 6.77. The van der Waals surface area contributed by atoms with Crippen LogP contribution in [0, 0.1) is 11.8 Å². The number of ether oxygens (including phenoxy) is 1. The number of piperidine rings is 1. The van der Waals surface area contributed by atoms with E-state index in [-0.39, 0.29) is 5.91 Å². The highest BCUT2D eigenvalue weighted by Gasteiger charge is 2.25. The summed E-state index contributed by atoms with van der Waals surface area (Å²) in [5.41, 5.74) is 1.16. The van der Waals surface area contributed by atoms with Crippen molar-refractivity contribution in [2.45, 2.75) is 26.8 Å². The quantitative estimate of drug-likeness (QED) is 0.838. The fraction of sp³-hybridized carbons (Fsp3) is 0.611. The molecule has 1 fully saturated rings. The molecule has 0 aliphatic carbocycles. The Morgan fingerprint density at radius 3 is 2.64 bits per heavy atom. The van der Waals surface area contributed by atoms with Gasteiger partial charge in [0.15, 0.2) is 0 Å². The third kappa shape index (κ3) is 4.73. The molecule has 0 saturated carbocycles. The molecule has 0 bridgehead atoms. The summed E-state index contributed by atoms with van der Waals surface area (Å²) in [6.45, 7) is 7.48. The SMILES string of the molecule is COc1cccc(CN(C)CC(=O)N2CC(C)CC(C)C2)c1. The molecule has 1 aliphatic rings. The van der Waals surface area contributed by atoms with Gasteiger partial charge in [0.1, 0.15) is 5.75 Å². The lowest BCUT2D eigenvalue weighted by molar-refractivity contribution is -0.134. The van der Waals surface area contributed by atoms with Crippen LogP contribution in [0.4, 0.5) is 0 Å². The van der Waals surface area contributed by atoms with Gasteiger partial charge in [-0.25, -0.2) is 0 Å². The number of hydrogen-bond donors (Lipinski definition) is 0. The van der Waals surface area contributed by atoms with Crippen LogP contribution in [0.25, 0.3) is 0 Å². The molecular formula is C18H28N2O2. The van der Waals surface area contributed by atoms with Gasteiger partial charge in [-0.05, 0) is 43.0 Å². The van der Waals surface area contributed by atoms with Crippen LogP contribution in [0.3, 0.4) is 0 Å². The summed E-state index contributed by atoms with van der Waals surface area (Å²) < 4.78 is 5.24. The predicted molar refractivity (Wildman–Crippen MR) is 88.9 cm³/mol. The molecule has 1 amide bonds. The summed E-state index contributed by atoms with van der Waals surface area (Å²) in [6, 6.07) is 8.00. The lowest BCUT2D eigenvalue weighted by Gasteiger charge is -2.35. The van der Waals surface area contributed by atoms with Gasteiger partial charge >= 0.3 is 0 Å². The largest absolute Gasteiger partial charge is 0.497 e. The molecular weight excluding hydrogens is 276 g/mol. The van der Waals surface area contributed by atoms with Gasteiger partial charge in [0.2, 0.25) is 5.91 Å². The van der Waals surface area contributed by atoms with E-state index < -0.39 is 0 Å². The number of methoxy groups -OCH3 is 1. The first-order valence-electron chi connectivity index (χ1n) is 8.07. The zero-order valence-corrected chi connectivity index (χ0v) is 14.2. The number of carbonyl (C=O) groups is 1. The van der Waals surface area contributed by atoms with Crippen molar-refractivity contribution in [3.8, 4) is 5.75 Å². The first-order valence-corrected chi connectivity index (χ1v) is 8.07. The van der Waals surface area contributed by atoms with Crippen LogP contribution in [0.5, 0.6) is 5.75 Å². The highest BCUT2D eigenvalue weighted by atomic mass is 16.5. The van der Waals surface area contributed by atoms with E-state index >= 15 is 0 Å². The van der Waals surface area contributed by atoms with Crippen LogP contribution in [0.1, 0.15) is 25.8 Å². The van der Waals surface area contributed by atoms with Gasteiger partial charge in [-0.15, -0.1) is 0 Å². The molecule has 1 aromatic rings. The molecule has 1 heterocycles.